The van der Waals surface area contributed by atoms with Crippen molar-refractivity contribution in [2.24, 2.45) is 5.41 Å². The van der Waals surface area contributed by atoms with E-state index < -0.39 is 0 Å². The van der Waals surface area contributed by atoms with Crippen LogP contribution in [0.25, 0.3) is 0 Å². The molecule has 14 heavy (non-hydrogen) atoms. The van der Waals surface area contributed by atoms with Gasteiger partial charge in [-0.25, -0.2) is 0 Å². The fourth-order valence-electron chi connectivity index (χ4n) is 1.44. The number of aromatic amines is 1. The summed E-state index contributed by atoms with van der Waals surface area (Å²) in [7, 11) is 0. The Balaban J connectivity index is 2.00. The summed E-state index contributed by atoms with van der Waals surface area (Å²) < 4.78 is 0. The average Bonchev–Trinajstić information content (AvgIpc) is 2.54. The van der Waals surface area contributed by atoms with Crippen LogP contribution in [0.4, 0.5) is 0 Å². The highest BCUT2D eigenvalue weighted by Gasteiger charge is 2.08. The van der Waals surface area contributed by atoms with Gasteiger partial charge in [0.15, 0.2) is 0 Å². The maximum absolute atomic E-state index is 3.44. The molecular formula is C12H22N2. The van der Waals surface area contributed by atoms with Crippen molar-refractivity contribution in [2.75, 3.05) is 6.54 Å². The first-order valence-corrected chi connectivity index (χ1v) is 5.40. The molecule has 0 aliphatic rings. The minimum Gasteiger partial charge on any atom is -0.367 e. The average molecular weight is 194 g/mol. The van der Waals surface area contributed by atoms with Crippen molar-refractivity contribution < 1.29 is 0 Å². The predicted octanol–water partition coefficient (Wildman–Crippen LogP) is 2.93. The Labute approximate surface area is 87.1 Å². The Morgan fingerprint density at radius 3 is 2.71 bits per heavy atom. The maximum atomic E-state index is 3.44. The molecule has 0 amide bonds. The number of hydrogen-bond acceptors (Lipinski definition) is 1. The molecule has 1 heterocycles. The molecule has 2 heteroatoms. The molecule has 0 spiro atoms. The minimum absolute atomic E-state index is 0.468. The summed E-state index contributed by atoms with van der Waals surface area (Å²) >= 11 is 0. The molecule has 0 aliphatic carbocycles. The Kier molecular flexibility index (Phi) is 4.21. The number of hydrogen-bond donors (Lipinski definition) is 2. The van der Waals surface area contributed by atoms with Crippen molar-refractivity contribution in [1.29, 1.82) is 0 Å². The number of nitrogens with one attached hydrogen (secondary N) is 2. The molecule has 2 nitrogen and oxygen atoms in total. The molecule has 1 aromatic rings. The Bertz CT molecular complexity index is 231. The lowest BCUT2D eigenvalue weighted by molar-refractivity contribution is 0.361. The molecule has 0 saturated heterocycles. The van der Waals surface area contributed by atoms with Crippen molar-refractivity contribution in [3.05, 3.63) is 24.0 Å². The molecule has 0 aromatic carbocycles. The topological polar surface area (TPSA) is 27.8 Å². The van der Waals surface area contributed by atoms with Gasteiger partial charge in [0.2, 0.25) is 0 Å². The molecule has 1 rings (SSSR count). The molecule has 0 atom stereocenters. The zero-order chi connectivity index (χ0) is 10.4. The van der Waals surface area contributed by atoms with Crippen LogP contribution in [0.15, 0.2) is 18.5 Å². The zero-order valence-corrected chi connectivity index (χ0v) is 9.56. The molecule has 1 aromatic heterocycles. The van der Waals surface area contributed by atoms with Crippen LogP contribution in [0.3, 0.4) is 0 Å². The van der Waals surface area contributed by atoms with E-state index in [-0.39, 0.29) is 0 Å². The van der Waals surface area contributed by atoms with Crippen molar-refractivity contribution in [1.82, 2.24) is 10.3 Å². The Morgan fingerprint density at radius 1 is 1.36 bits per heavy atom. The van der Waals surface area contributed by atoms with E-state index in [4.69, 9.17) is 0 Å². The van der Waals surface area contributed by atoms with E-state index in [9.17, 15) is 0 Å². The zero-order valence-electron chi connectivity index (χ0n) is 9.56. The van der Waals surface area contributed by atoms with Gasteiger partial charge in [0, 0.05) is 18.9 Å². The third-order valence-electron chi connectivity index (χ3n) is 2.27. The SMILES string of the molecule is CC(C)(C)CCCNCc1cc[nH]c1. The quantitative estimate of drug-likeness (QED) is 0.693. The van der Waals surface area contributed by atoms with E-state index in [2.05, 4.69) is 37.1 Å². The first kappa shape index (κ1) is 11.3. The summed E-state index contributed by atoms with van der Waals surface area (Å²) in [5.74, 6) is 0. The molecular weight excluding hydrogens is 172 g/mol. The Hall–Kier alpha value is -0.760. The summed E-state index contributed by atoms with van der Waals surface area (Å²) in [5.41, 5.74) is 1.80. The second-order valence-corrected chi connectivity index (χ2v) is 5.06. The van der Waals surface area contributed by atoms with E-state index in [1.54, 1.807) is 0 Å². The lowest BCUT2D eigenvalue weighted by Gasteiger charge is -2.17. The third kappa shape index (κ3) is 5.07. The number of aromatic nitrogens is 1. The summed E-state index contributed by atoms with van der Waals surface area (Å²) in [6.07, 6.45) is 6.55. The van der Waals surface area contributed by atoms with Gasteiger partial charge < -0.3 is 10.3 Å². The van der Waals surface area contributed by atoms with E-state index in [0.29, 0.717) is 5.41 Å². The highest BCUT2D eigenvalue weighted by atomic mass is 14.8. The molecule has 0 radical (unpaired) electrons. The van der Waals surface area contributed by atoms with Gasteiger partial charge in [-0.05, 0) is 36.4 Å². The van der Waals surface area contributed by atoms with Gasteiger partial charge in [0.1, 0.15) is 0 Å². The fourth-order valence-corrected chi connectivity index (χ4v) is 1.44. The van der Waals surface area contributed by atoms with Crippen LogP contribution < -0.4 is 5.32 Å². The highest BCUT2D eigenvalue weighted by Crippen LogP contribution is 2.19. The number of rotatable bonds is 5. The van der Waals surface area contributed by atoms with E-state index in [1.807, 2.05) is 12.4 Å². The Morgan fingerprint density at radius 2 is 2.14 bits per heavy atom. The van der Waals surface area contributed by atoms with Crippen LogP contribution >= 0.6 is 0 Å². The second kappa shape index (κ2) is 5.20. The van der Waals surface area contributed by atoms with Gasteiger partial charge in [-0.15, -0.1) is 0 Å². The van der Waals surface area contributed by atoms with E-state index >= 15 is 0 Å². The van der Waals surface area contributed by atoms with Crippen LogP contribution in [-0.4, -0.2) is 11.5 Å². The number of H-pyrrole nitrogens is 1. The van der Waals surface area contributed by atoms with Crippen molar-refractivity contribution >= 4 is 0 Å². The van der Waals surface area contributed by atoms with Gasteiger partial charge >= 0.3 is 0 Å². The summed E-state index contributed by atoms with van der Waals surface area (Å²) in [4.78, 5) is 3.05. The van der Waals surface area contributed by atoms with Crippen molar-refractivity contribution in [2.45, 2.75) is 40.2 Å². The van der Waals surface area contributed by atoms with Gasteiger partial charge in [0.25, 0.3) is 0 Å². The molecule has 0 unspecified atom stereocenters. The highest BCUT2D eigenvalue weighted by molar-refractivity contribution is 5.07. The third-order valence-corrected chi connectivity index (χ3v) is 2.27. The van der Waals surface area contributed by atoms with E-state index in [0.717, 1.165) is 13.1 Å². The fraction of sp³-hybridized carbons (Fsp3) is 0.667. The molecule has 0 saturated carbocycles. The van der Waals surface area contributed by atoms with E-state index in [1.165, 1.54) is 18.4 Å². The normalized spacial score (nSPS) is 11.9. The molecule has 0 aliphatic heterocycles. The first-order valence-electron chi connectivity index (χ1n) is 5.40. The van der Waals surface area contributed by atoms with Crippen molar-refractivity contribution in [3.8, 4) is 0 Å². The molecule has 0 bridgehead atoms. The maximum Gasteiger partial charge on any atom is 0.0220 e. The second-order valence-electron chi connectivity index (χ2n) is 5.06. The van der Waals surface area contributed by atoms with Gasteiger partial charge in [0.05, 0.1) is 0 Å². The van der Waals surface area contributed by atoms with Crippen LogP contribution in [0.2, 0.25) is 0 Å². The smallest absolute Gasteiger partial charge is 0.0220 e. The van der Waals surface area contributed by atoms with Crippen LogP contribution in [0.5, 0.6) is 0 Å². The molecule has 2 N–H and O–H groups in total. The van der Waals surface area contributed by atoms with Gasteiger partial charge in [-0.1, -0.05) is 20.8 Å². The van der Waals surface area contributed by atoms with Crippen molar-refractivity contribution in [3.63, 3.8) is 0 Å². The van der Waals surface area contributed by atoms with Gasteiger partial charge in [-0.2, -0.15) is 0 Å². The van der Waals surface area contributed by atoms with Gasteiger partial charge in [-0.3, -0.25) is 0 Å². The molecule has 0 fully saturated rings. The lowest BCUT2D eigenvalue weighted by atomic mass is 9.91. The monoisotopic (exact) mass is 194 g/mol. The largest absolute Gasteiger partial charge is 0.367 e. The minimum atomic E-state index is 0.468. The lowest BCUT2D eigenvalue weighted by Crippen LogP contribution is -2.16. The standard InChI is InChI=1S/C12H22N2/c1-12(2,3)6-4-7-13-9-11-5-8-14-10-11/h5,8,10,13-14H,4,6-7,9H2,1-3H3. The first-order chi connectivity index (χ1) is 6.58. The predicted molar refractivity (Wildman–Crippen MR) is 61.2 cm³/mol. The summed E-state index contributed by atoms with van der Waals surface area (Å²) in [6, 6.07) is 2.11. The van der Waals surface area contributed by atoms with Crippen LogP contribution in [0, 0.1) is 5.41 Å². The summed E-state index contributed by atoms with van der Waals surface area (Å²) in [6.45, 7) is 8.97. The molecule has 80 valence electrons. The summed E-state index contributed by atoms with van der Waals surface area (Å²) in [5, 5.41) is 3.44. The van der Waals surface area contributed by atoms with Crippen LogP contribution in [0.1, 0.15) is 39.2 Å². The van der Waals surface area contributed by atoms with Crippen LogP contribution in [-0.2, 0) is 6.54 Å².